The van der Waals surface area contributed by atoms with E-state index in [2.05, 4.69) is 19.7 Å². The predicted molar refractivity (Wildman–Crippen MR) is 57.7 cm³/mol. The minimum Gasteiger partial charge on any atom is -0.465 e. The second-order valence-corrected chi connectivity index (χ2v) is 3.15. The fraction of sp³-hybridized carbons (Fsp3) is 0.333. The lowest BCUT2D eigenvalue weighted by Crippen LogP contribution is -2.07. The van der Waals surface area contributed by atoms with Gasteiger partial charge in [0.15, 0.2) is 11.5 Å². The number of carbonyl (C=O) groups excluding carboxylic acids is 1. The Hall–Kier alpha value is -2.22. The fourth-order valence-electron chi connectivity index (χ4n) is 1.31. The van der Waals surface area contributed by atoms with E-state index in [1.54, 1.807) is 10.9 Å². The summed E-state index contributed by atoms with van der Waals surface area (Å²) < 4.78 is 11.4. The average Bonchev–Trinajstić information content (AvgIpc) is 2.74. The number of hydrogen-bond donors (Lipinski definition) is 1. The number of aromatic nitrogens is 4. The van der Waals surface area contributed by atoms with Crippen molar-refractivity contribution < 1.29 is 14.3 Å². The van der Waals surface area contributed by atoms with Gasteiger partial charge in [-0.15, -0.1) is 0 Å². The van der Waals surface area contributed by atoms with Crippen LogP contribution in [0.4, 0.5) is 5.82 Å². The van der Waals surface area contributed by atoms with Crippen molar-refractivity contribution in [2.24, 2.45) is 0 Å². The Morgan fingerprint density at radius 3 is 3.06 bits per heavy atom. The maximum absolute atomic E-state index is 9.89. The van der Waals surface area contributed by atoms with Crippen LogP contribution in [-0.2, 0) is 21.0 Å². The summed E-state index contributed by atoms with van der Waals surface area (Å²) >= 11 is 0. The van der Waals surface area contributed by atoms with E-state index >= 15 is 0 Å². The molecule has 2 rings (SSSR count). The zero-order valence-corrected chi connectivity index (χ0v) is 8.94. The SMILES string of the molecule is Nc1ncnc2c1ncn2COCCOC=O. The van der Waals surface area contributed by atoms with Crippen LogP contribution in [0.15, 0.2) is 12.7 Å². The lowest BCUT2D eigenvalue weighted by molar-refractivity contribution is -0.130. The molecule has 0 spiro atoms. The molecule has 17 heavy (non-hydrogen) atoms. The van der Waals surface area contributed by atoms with Crippen LogP contribution in [-0.4, -0.2) is 39.2 Å². The van der Waals surface area contributed by atoms with Gasteiger partial charge in [-0.3, -0.25) is 9.36 Å². The van der Waals surface area contributed by atoms with Crippen molar-refractivity contribution in [3.63, 3.8) is 0 Å². The van der Waals surface area contributed by atoms with Crippen molar-refractivity contribution in [3.8, 4) is 0 Å². The number of hydrogen-bond acceptors (Lipinski definition) is 7. The molecule has 2 heterocycles. The van der Waals surface area contributed by atoms with Crippen molar-refractivity contribution >= 4 is 23.5 Å². The fourth-order valence-corrected chi connectivity index (χ4v) is 1.31. The van der Waals surface area contributed by atoms with Gasteiger partial charge in [0, 0.05) is 0 Å². The van der Waals surface area contributed by atoms with E-state index in [1.165, 1.54) is 6.33 Å². The molecule has 2 aromatic rings. The molecule has 90 valence electrons. The zero-order chi connectivity index (χ0) is 12.1. The molecule has 0 aliphatic rings. The molecule has 0 fully saturated rings. The first-order valence-electron chi connectivity index (χ1n) is 4.87. The topological polar surface area (TPSA) is 105 Å². The molecule has 0 saturated carbocycles. The molecule has 0 atom stereocenters. The molecule has 8 nitrogen and oxygen atoms in total. The van der Waals surface area contributed by atoms with E-state index in [0.29, 0.717) is 30.1 Å². The second kappa shape index (κ2) is 5.21. The molecule has 0 aliphatic carbocycles. The Morgan fingerprint density at radius 2 is 2.24 bits per heavy atom. The lowest BCUT2D eigenvalue weighted by Gasteiger charge is -2.04. The third-order valence-electron chi connectivity index (χ3n) is 2.07. The van der Waals surface area contributed by atoms with Crippen LogP contribution in [0.3, 0.4) is 0 Å². The summed E-state index contributed by atoms with van der Waals surface area (Å²) in [6, 6.07) is 0. The van der Waals surface area contributed by atoms with Crippen LogP contribution >= 0.6 is 0 Å². The number of carbonyl (C=O) groups is 1. The minimum atomic E-state index is 0.216. The Labute approximate surface area is 96.4 Å². The number of anilines is 1. The molecule has 0 bridgehead atoms. The van der Waals surface area contributed by atoms with Crippen molar-refractivity contribution in [2.75, 3.05) is 18.9 Å². The molecule has 0 aliphatic heterocycles. The summed E-state index contributed by atoms with van der Waals surface area (Å²) in [6.07, 6.45) is 2.93. The summed E-state index contributed by atoms with van der Waals surface area (Å²) in [7, 11) is 0. The Balaban J connectivity index is 1.99. The molecule has 0 aromatic carbocycles. The van der Waals surface area contributed by atoms with Crippen LogP contribution in [0, 0.1) is 0 Å². The number of nitrogens with zero attached hydrogens (tertiary/aromatic N) is 4. The summed E-state index contributed by atoms with van der Waals surface area (Å²) in [6.45, 7) is 1.16. The third-order valence-corrected chi connectivity index (χ3v) is 2.07. The summed E-state index contributed by atoms with van der Waals surface area (Å²) in [4.78, 5) is 21.9. The van der Waals surface area contributed by atoms with Gasteiger partial charge in [-0.05, 0) is 0 Å². The standard InChI is InChI=1S/C9H11N5O3/c10-8-7-9(12-3-11-8)14(4-13-7)5-16-1-2-17-6-15/h3-4,6H,1-2,5H2,(H2,10,11,12). The first-order valence-corrected chi connectivity index (χ1v) is 4.87. The van der Waals surface area contributed by atoms with E-state index in [1.807, 2.05) is 0 Å². The summed E-state index contributed by atoms with van der Waals surface area (Å²) in [5.41, 5.74) is 6.78. The molecular weight excluding hydrogens is 226 g/mol. The highest BCUT2D eigenvalue weighted by atomic mass is 16.5. The highest BCUT2D eigenvalue weighted by Gasteiger charge is 2.06. The lowest BCUT2D eigenvalue weighted by atomic mass is 10.5. The average molecular weight is 237 g/mol. The van der Waals surface area contributed by atoms with Gasteiger partial charge >= 0.3 is 0 Å². The van der Waals surface area contributed by atoms with Gasteiger partial charge in [-0.1, -0.05) is 0 Å². The number of imidazole rings is 1. The highest BCUT2D eigenvalue weighted by molar-refractivity contribution is 5.80. The normalized spacial score (nSPS) is 10.6. The highest BCUT2D eigenvalue weighted by Crippen LogP contribution is 2.13. The van der Waals surface area contributed by atoms with Crippen LogP contribution in [0.1, 0.15) is 0 Å². The molecular formula is C9H11N5O3. The number of rotatable bonds is 6. The maximum Gasteiger partial charge on any atom is 0.293 e. The van der Waals surface area contributed by atoms with E-state index in [4.69, 9.17) is 10.5 Å². The quantitative estimate of drug-likeness (QED) is 0.536. The van der Waals surface area contributed by atoms with E-state index < -0.39 is 0 Å². The zero-order valence-electron chi connectivity index (χ0n) is 8.94. The van der Waals surface area contributed by atoms with Gasteiger partial charge in [-0.2, -0.15) is 0 Å². The molecule has 2 aromatic heterocycles. The largest absolute Gasteiger partial charge is 0.465 e. The van der Waals surface area contributed by atoms with E-state index in [-0.39, 0.29) is 13.3 Å². The van der Waals surface area contributed by atoms with Crippen LogP contribution in [0.5, 0.6) is 0 Å². The van der Waals surface area contributed by atoms with Gasteiger partial charge in [0.25, 0.3) is 6.47 Å². The summed E-state index contributed by atoms with van der Waals surface area (Å²) in [5, 5.41) is 0. The van der Waals surface area contributed by atoms with E-state index in [0.717, 1.165) is 0 Å². The van der Waals surface area contributed by atoms with Crippen LogP contribution in [0.2, 0.25) is 0 Å². The van der Waals surface area contributed by atoms with Crippen molar-refractivity contribution in [1.29, 1.82) is 0 Å². The number of ether oxygens (including phenoxy) is 2. The van der Waals surface area contributed by atoms with Crippen LogP contribution in [0.25, 0.3) is 11.2 Å². The molecule has 0 amide bonds. The predicted octanol–water partition coefficient (Wildman–Crippen LogP) is -0.444. The number of fused-ring (bicyclic) bond motifs is 1. The van der Waals surface area contributed by atoms with Crippen LogP contribution < -0.4 is 5.73 Å². The van der Waals surface area contributed by atoms with Gasteiger partial charge < -0.3 is 15.2 Å². The molecule has 0 unspecified atom stereocenters. The number of nitrogens with two attached hydrogens (primary N) is 1. The second-order valence-electron chi connectivity index (χ2n) is 3.15. The summed E-state index contributed by atoms with van der Waals surface area (Å²) in [5.74, 6) is 0.332. The minimum absolute atomic E-state index is 0.216. The first kappa shape index (κ1) is 11.3. The Bertz CT molecular complexity index is 512. The molecule has 2 N–H and O–H groups in total. The van der Waals surface area contributed by atoms with Gasteiger partial charge in [0.1, 0.15) is 25.2 Å². The molecule has 0 radical (unpaired) electrons. The number of nitrogen functional groups attached to an aromatic ring is 1. The molecule has 8 heteroatoms. The smallest absolute Gasteiger partial charge is 0.293 e. The monoisotopic (exact) mass is 237 g/mol. The Morgan fingerprint density at radius 1 is 1.35 bits per heavy atom. The van der Waals surface area contributed by atoms with Crippen molar-refractivity contribution in [2.45, 2.75) is 6.73 Å². The third kappa shape index (κ3) is 2.48. The van der Waals surface area contributed by atoms with Crippen molar-refractivity contribution in [3.05, 3.63) is 12.7 Å². The maximum atomic E-state index is 9.89. The first-order chi connectivity index (χ1) is 8.33. The van der Waals surface area contributed by atoms with Crippen molar-refractivity contribution in [1.82, 2.24) is 19.5 Å². The van der Waals surface area contributed by atoms with Gasteiger partial charge in [0.05, 0.1) is 12.9 Å². The van der Waals surface area contributed by atoms with Gasteiger partial charge in [-0.25, -0.2) is 15.0 Å². The molecule has 0 saturated heterocycles. The van der Waals surface area contributed by atoms with Gasteiger partial charge in [0.2, 0.25) is 0 Å². The van der Waals surface area contributed by atoms with E-state index in [9.17, 15) is 4.79 Å². The Kier molecular flexibility index (Phi) is 3.46.